The molecule has 1 heterocycles. The minimum atomic E-state index is 0.171. The van der Waals surface area contributed by atoms with Crippen LogP contribution in [0, 0.1) is 38.0 Å². The van der Waals surface area contributed by atoms with Crippen LogP contribution in [0.1, 0.15) is 77.4 Å². The summed E-state index contributed by atoms with van der Waals surface area (Å²) in [5.74, 6) is 3.36. The highest BCUT2D eigenvalue weighted by molar-refractivity contribution is 6.18. The quantitative estimate of drug-likeness (QED) is 0.106. The fourth-order valence-corrected chi connectivity index (χ4v) is 10.4. The molecule has 6 heteroatoms. The van der Waals surface area contributed by atoms with E-state index in [-0.39, 0.29) is 23.6 Å². The minimum absolute atomic E-state index is 0.171. The summed E-state index contributed by atoms with van der Waals surface area (Å²) in [4.78, 5) is 10.4. The topological polar surface area (TPSA) is 79.0 Å². The van der Waals surface area contributed by atoms with Gasteiger partial charge in [-0.1, -0.05) is 242 Å². The number of nitrogens with one attached hydrogen (secondary N) is 2. The summed E-state index contributed by atoms with van der Waals surface area (Å²) in [6, 6.07) is 64.1. The molecule has 0 aliphatic heterocycles. The van der Waals surface area contributed by atoms with E-state index in [2.05, 4.69) is 253 Å². The maximum Gasteiger partial charge on any atom is 0.181 e. The first-order chi connectivity index (χ1) is 36.0. The van der Waals surface area contributed by atoms with Crippen LogP contribution >= 0.6 is 0 Å². The lowest BCUT2D eigenvalue weighted by molar-refractivity contribution is 0.630. The first-order valence-electron chi connectivity index (χ1n) is 25.7. The predicted molar refractivity (Wildman–Crippen MR) is 310 cm³/mol. The third-order valence-electron chi connectivity index (χ3n) is 14.7. The summed E-state index contributed by atoms with van der Waals surface area (Å²) in [7, 11) is 0. The normalized spacial score (nSPS) is 17.5. The van der Waals surface area contributed by atoms with Crippen molar-refractivity contribution in [1.82, 2.24) is 14.8 Å². The third kappa shape index (κ3) is 9.92. The maximum atomic E-state index is 9.42. The van der Waals surface area contributed by atoms with E-state index in [4.69, 9.17) is 15.1 Å². The molecule has 74 heavy (non-hydrogen) atoms. The molecule has 9 aromatic rings. The Morgan fingerprint density at radius 2 is 1.00 bits per heavy atom. The smallest absolute Gasteiger partial charge is 0.181 e. The van der Waals surface area contributed by atoms with Gasteiger partial charge >= 0.3 is 0 Å². The zero-order chi connectivity index (χ0) is 50.9. The maximum absolute atomic E-state index is 9.42. The van der Waals surface area contributed by atoms with Crippen molar-refractivity contribution in [2.24, 2.45) is 16.8 Å². The molecular formula is C68H60N6. The number of aryl methyl sites for hydroxylation is 3. The summed E-state index contributed by atoms with van der Waals surface area (Å²) >= 11 is 0. The van der Waals surface area contributed by atoms with Gasteiger partial charge in [-0.2, -0.15) is 0 Å². The highest BCUT2D eigenvalue weighted by Gasteiger charge is 2.24. The number of anilines is 1. The van der Waals surface area contributed by atoms with Crippen LogP contribution in [0.25, 0.3) is 55.7 Å². The molecule has 8 aromatic carbocycles. The average Bonchev–Trinajstić information content (AvgIpc) is 3.87. The number of aliphatic imine (C=N–C) groups is 1. The number of benzene rings is 8. The molecule has 2 aliphatic carbocycles. The lowest BCUT2D eigenvalue weighted by atomic mass is 9.82. The van der Waals surface area contributed by atoms with Crippen LogP contribution in [0.15, 0.2) is 229 Å². The number of amidine groups is 2. The molecule has 0 saturated heterocycles. The molecule has 0 fully saturated rings. The summed E-state index contributed by atoms with van der Waals surface area (Å²) in [5.41, 5.74) is 17.4. The van der Waals surface area contributed by atoms with Gasteiger partial charge in [-0.15, -0.1) is 5.10 Å². The lowest BCUT2D eigenvalue weighted by Crippen LogP contribution is -2.17. The second kappa shape index (κ2) is 20.4. The summed E-state index contributed by atoms with van der Waals surface area (Å²) in [6.45, 7) is 13.0. The van der Waals surface area contributed by atoms with Crippen molar-refractivity contribution in [3.8, 4) is 39.3 Å². The molecule has 2 N–H and O–H groups in total. The van der Waals surface area contributed by atoms with Gasteiger partial charge in [0.25, 0.3) is 0 Å². The Labute approximate surface area is 435 Å². The van der Waals surface area contributed by atoms with Gasteiger partial charge in [0.05, 0.1) is 5.69 Å². The fraction of sp³-hybridized carbons (Fsp3) is 0.147. The van der Waals surface area contributed by atoms with E-state index < -0.39 is 0 Å². The fourth-order valence-electron chi connectivity index (χ4n) is 10.4. The Hall–Kier alpha value is -8.74. The van der Waals surface area contributed by atoms with E-state index in [0.717, 1.165) is 66.9 Å². The van der Waals surface area contributed by atoms with Crippen molar-refractivity contribution in [2.75, 3.05) is 5.32 Å². The Bertz CT molecular complexity index is 3680. The van der Waals surface area contributed by atoms with Crippen LogP contribution in [0.4, 0.5) is 5.69 Å². The largest absolute Gasteiger partial charge is 0.339 e. The number of rotatable bonds is 10. The van der Waals surface area contributed by atoms with E-state index in [1.165, 1.54) is 39.0 Å². The zero-order valence-corrected chi connectivity index (χ0v) is 42.9. The number of nitrogens with zero attached hydrogens (tertiary/aromatic N) is 4. The minimum Gasteiger partial charge on any atom is -0.339 e. The average molecular weight is 961 g/mol. The van der Waals surface area contributed by atoms with Gasteiger partial charge in [0.2, 0.25) is 0 Å². The van der Waals surface area contributed by atoms with Crippen LogP contribution in [0.2, 0.25) is 0 Å². The van der Waals surface area contributed by atoms with E-state index in [9.17, 15) is 5.41 Å². The molecule has 0 bridgehead atoms. The SMILES string of the molecule is CC1=CC(C)C(c2ccc(C(=N)N=C(Nc3cccc4c(-n5nc(C6=CC(C)C(c7ccc(C)cc7)C=C6)nc5-c5ccc(-c6ccc(C)cc6)cc5)cccc34)c3ccc(-c4ccc(C)cc4)cc3)cc2)C=C1. The van der Waals surface area contributed by atoms with Gasteiger partial charge in [-0.25, -0.2) is 14.7 Å². The van der Waals surface area contributed by atoms with Crippen molar-refractivity contribution in [2.45, 2.75) is 53.4 Å². The van der Waals surface area contributed by atoms with E-state index >= 15 is 0 Å². The van der Waals surface area contributed by atoms with Crippen LogP contribution < -0.4 is 5.32 Å². The monoisotopic (exact) mass is 960 g/mol. The van der Waals surface area contributed by atoms with Crippen LogP contribution in [0.3, 0.4) is 0 Å². The molecule has 1 aromatic heterocycles. The van der Waals surface area contributed by atoms with Crippen molar-refractivity contribution in [1.29, 1.82) is 5.41 Å². The highest BCUT2D eigenvalue weighted by atomic mass is 15.4. The first-order valence-corrected chi connectivity index (χ1v) is 25.7. The third-order valence-corrected chi connectivity index (χ3v) is 14.7. The Balaban J connectivity index is 0.975. The van der Waals surface area contributed by atoms with Gasteiger partial charge in [-0.05, 0) is 85.0 Å². The van der Waals surface area contributed by atoms with E-state index in [1.807, 2.05) is 16.8 Å². The Kier molecular flexibility index (Phi) is 13.1. The molecular weight excluding hydrogens is 901 g/mol. The number of fused-ring (bicyclic) bond motifs is 1. The van der Waals surface area contributed by atoms with Crippen LogP contribution in [-0.4, -0.2) is 26.4 Å². The van der Waals surface area contributed by atoms with Gasteiger partial charge in [-0.3, -0.25) is 5.41 Å². The molecule has 0 amide bonds. The lowest BCUT2D eigenvalue weighted by Gasteiger charge is -2.23. The van der Waals surface area contributed by atoms with Crippen molar-refractivity contribution >= 4 is 33.7 Å². The van der Waals surface area contributed by atoms with Crippen LogP contribution in [0.5, 0.6) is 0 Å². The number of hydrogen-bond donors (Lipinski definition) is 2. The summed E-state index contributed by atoms with van der Waals surface area (Å²) in [5, 5.41) is 20.5. The van der Waals surface area contributed by atoms with Gasteiger partial charge in [0.1, 0.15) is 5.84 Å². The van der Waals surface area contributed by atoms with Crippen molar-refractivity contribution in [3.63, 3.8) is 0 Å². The Morgan fingerprint density at radius 3 is 1.59 bits per heavy atom. The number of hydrogen-bond acceptors (Lipinski definition) is 3. The molecule has 0 radical (unpaired) electrons. The van der Waals surface area contributed by atoms with Crippen molar-refractivity contribution < 1.29 is 0 Å². The molecule has 0 saturated carbocycles. The molecule has 4 atom stereocenters. The first kappa shape index (κ1) is 47.6. The zero-order valence-electron chi connectivity index (χ0n) is 42.9. The molecule has 4 unspecified atom stereocenters. The standard InChI is InChI=1S/C68H60N6/c1-43-13-20-49(21-14-43)51-26-34-56(35-27-51)66(71-65(69)55-32-30-54(31-33-55)59-39-19-46(4)41-47(59)5)70-63-11-7-10-62-61(63)9-8-12-64(62)74-68(57-36-28-52(29-37-57)50-22-15-44(2)16-23-50)72-67(73-74)58-38-40-60(48(6)42-58)53-24-17-45(3)18-25-53/h7-42,47-48,59-60H,1-6H3,(H2,69,70,71). The predicted octanol–water partition coefficient (Wildman–Crippen LogP) is 16.8. The molecule has 362 valence electrons. The van der Waals surface area contributed by atoms with Gasteiger partial charge in [0.15, 0.2) is 17.5 Å². The molecule has 2 aliphatic rings. The number of aromatic nitrogens is 3. The summed E-state index contributed by atoms with van der Waals surface area (Å²) in [6.07, 6.45) is 13.6. The molecule has 11 rings (SSSR count). The van der Waals surface area contributed by atoms with Crippen LogP contribution in [-0.2, 0) is 0 Å². The summed E-state index contributed by atoms with van der Waals surface area (Å²) < 4.78 is 2.01. The van der Waals surface area contributed by atoms with E-state index in [1.54, 1.807) is 0 Å². The second-order valence-corrected chi connectivity index (χ2v) is 20.2. The molecule has 6 nitrogen and oxygen atoms in total. The van der Waals surface area contributed by atoms with Gasteiger partial charge < -0.3 is 5.32 Å². The van der Waals surface area contributed by atoms with Crippen molar-refractivity contribution in [3.05, 3.63) is 269 Å². The van der Waals surface area contributed by atoms with E-state index in [0.29, 0.717) is 17.6 Å². The number of allylic oxidation sites excluding steroid dienone is 8. The molecule has 0 spiro atoms. The van der Waals surface area contributed by atoms with Gasteiger partial charge in [0, 0.05) is 50.6 Å². The highest BCUT2D eigenvalue weighted by Crippen LogP contribution is 2.38. The Morgan fingerprint density at radius 1 is 0.514 bits per heavy atom. The second-order valence-electron chi connectivity index (χ2n) is 20.2.